The summed E-state index contributed by atoms with van der Waals surface area (Å²) in [6.45, 7) is 12.6. The van der Waals surface area contributed by atoms with Crippen LogP contribution in [0.15, 0.2) is 124 Å². The number of hydrogen-bond donors (Lipinski definition) is 0. The van der Waals surface area contributed by atoms with E-state index in [9.17, 15) is 38.8 Å². The Kier molecular flexibility index (Phi) is 19.3. The molecular formula is C50H49N3O14S4. The molecule has 3 aliphatic heterocycles. The summed E-state index contributed by atoms with van der Waals surface area (Å²) in [7, 11) is 0. The number of rotatable bonds is 21. The number of esters is 3. The number of unbranched alkanes of at least 4 members (excludes halogenated alkanes) is 1. The highest BCUT2D eigenvalue weighted by molar-refractivity contribution is 8.26. The van der Waals surface area contributed by atoms with Crippen LogP contribution in [0.3, 0.4) is 0 Å². The number of fused-ring (bicyclic) bond motifs is 2. The van der Waals surface area contributed by atoms with Gasteiger partial charge in [0.25, 0.3) is 11.8 Å². The van der Waals surface area contributed by atoms with E-state index < -0.39 is 55.2 Å². The summed E-state index contributed by atoms with van der Waals surface area (Å²) in [4.78, 5) is 94.3. The van der Waals surface area contributed by atoms with Crippen LogP contribution in [-0.4, -0.2) is 85.1 Å². The quantitative estimate of drug-likeness (QED) is 0.0184. The first kappa shape index (κ1) is 53.7. The van der Waals surface area contributed by atoms with Crippen molar-refractivity contribution < 1.29 is 66.7 Å². The number of benzene rings is 3. The van der Waals surface area contributed by atoms with Crippen LogP contribution in [0.25, 0.3) is 0 Å². The van der Waals surface area contributed by atoms with Crippen LogP contribution in [0.4, 0.5) is 9.59 Å². The van der Waals surface area contributed by atoms with Gasteiger partial charge in [-0.1, -0.05) is 154 Å². The number of amides is 2. The molecule has 3 aromatic carbocycles. The van der Waals surface area contributed by atoms with Crippen molar-refractivity contribution in [3.63, 3.8) is 0 Å². The predicted molar refractivity (Wildman–Crippen MR) is 263 cm³/mol. The molecule has 21 heteroatoms. The van der Waals surface area contributed by atoms with Crippen molar-refractivity contribution in [3.05, 3.63) is 116 Å². The number of thioether (sulfide) groups is 4. The van der Waals surface area contributed by atoms with Crippen LogP contribution < -0.4 is 9.47 Å². The largest absolute Gasteiger partial charge is 0.514 e. The molecule has 0 aliphatic carbocycles. The number of hydrogen-bond acceptors (Lipinski definition) is 19. The molecule has 0 spiro atoms. The first-order valence-corrected chi connectivity index (χ1v) is 25.5. The van der Waals surface area contributed by atoms with Crippen molar-refractivity contribution >= 4 is 89.1 Å². The van der Waals surface area contributed by atoms with Gasteiger partial charge in [0.05, 0.1) is 47.8 Å². The Labute approximate surface area is 427 Å². The van der Waals surface area contributed by atoms with Crippen molar-refractivity contribution in [1.29, 1.82) is 5.26 Å². The zero-order valence-electron chi connectivity index (χ0n) is 39.2. The number of hydrazine groups is 1. The van der Waals surface area contributed by atoms with Gasteiger partial charge in [-0.05, 0) is 37.3 Å². The molecule has 71 heavy (non-hydrogen) atoms. The Morgan fingerprint density at radius 2 is 1.07 bits per heavy atom. The van der Waals surface area contributed by atoms with Crippen molar-refractivity contribution in [3.8, 4) is 17.6 Å². The second-order valence-electron chi connectivity index (χ2n) is 15.8. The molecule has 17 nitrogen and oxygen atoms in total. The maximum Gasteiger partial charge on any atom is 0.514 e. The average Bonchev–Trinajstić information content (AvgIpc) is 4.05. The van der Waals surface area contributed by atoms with Gasteiger partial charge in [0, 0.05) is 11.1 Å². The fraction of sp³-hybridized carbons (Fsp3) is 0.320. The van der Waals surface area contributed by atoms with Crippen LogP contribution in [-0.2, 0) is 60.7 Å². The number of nitrogens with zero attached hydrogens (tertiary/aromatic N) is 3. The Balaban J connectivity index is 1.44. The highest BCUT2D eigenvalue weighted by atomic mass is 32.2. The highest BCUT2D eigenvalue weighted by Crippen LogP contribution is 2.68. The Hall–Kier alpha value is -6.60. The predicted octanol–water partition coefficient (Wildman–Crippen LogP) is 10.0. The lowest BCUT2D eigenvalue weighted by Gasteiger charge is -2.27. The van der Waals surface area contributed by atoms with E-state index in [0.717, 1.165) is 83.9 Å². The third-order valence-corrected chi connectivity index (χ3v) is 15.6. The third kappa shape index (κ3) is 13.6. The molecule has 3 aliphatic rings. The third-order valence-electron chi connectivity index (χ3n) is 10.4. The van der Waals surface area contributed by atoms with Crippen LogP contribution in [0.2, 0.25) is 0 Å². The number of carbonyl (C=O) groups is 7. The first-order valence-electron chi connectivity index (χ1n) is 22.2. The molecule has 6 rings (SSSR count). The molecule has 1 saturated heterocycles. The van der Waals surface area contributed by atoms with Crippen molar-refractivity contribution in [2.45, 2.75) is 86.0 Å². The monoisotopic (exact) mass is 1040 g/mol. The van der Waals surface area contributed by atoms with Gasteiger partial charge in [-0.15, -0.1) is 0 Å². The molecule has 3 aromatic rings. The van der Waals surface area contributed by atoms with Gasteiger partial charge in [0.2, 0.25) is 0 Å². The maximum atomic E-state index is 14.6. The van der Waals surface area contributed by atoms with E-state index in [1.165, 1.54) is 23.9 Å². The van der Waals surface area contributed by atoms with E-state index in [1.807, 2.05) is 73.7 Å². The van der Waals surface area contributed by atoms with Crippen LogP contribution >= 0.6 is 47.0 Å². The molecule has 2 amide bonds. The number of carbonyl (C=O) groups excluding carboxylic acids is 7. The zero-order chi connectivity index (χ0) is 51.2. The number of ether oxygens (including phenoxy) is 7. The minimum Gasteiger partial charge on any atom is -0.461 e. The summed E-state index contributed by atoms with van der Waals surface area (Å²) in [5.41, 5.74) is 1.16. The van der Waals surface area contributed by atoms with Gasteiger partial charge < -0.3 is 33.2 Å². The van der Waals surface area contributed by atoms with Crippen molar-refractivity contribution in [1.82, 2.24) is 10.0 Å². The molecule has 372 valence electrons. The second kappa shape index (κ2) is 25.5. The Morgan fingerprint density at radius 3 is 1.48 bits per heavy atom. The molecule has 1 unspecified atom stereocenters. The van der Waals surface area contributed by atoms with Gasteiger partial charge in [0.15, 0.2) is 17.1 Å². The van der Waals surface area contributed by atoms with Gasteiger partial charge in [-0.2, -0.15) is 5.26 Å². The second-order valence-corrected chi connectivity index (χ2v) is 20.4. The Bertz CT molecular complexity index is 2570. The Morgan fingerprint density at radius 1 is 0.634 bits per heavy atom. The van der Waals surface area contributed by atoms with Gasteiger partial charge in [-0.3, -0.25) is 9.59 Å². The molecule has 0 aromatic heterocycles. The normalized spacial score (nSPS) is 14.0. The van der Waals surface area contributed by atoms with E-state index in [2.05, 4.69) is 20.1 Å². The standard InChI is InChI=1S/C50H49N3O14S4/c1-7-9-16-31(8-2)28-65-46(58)34(25-51)47-68-38-36(66-49(59)63-23-21-61-44(56)29(3)4)40-41(37(39(38)69-47)67-50(60)64-24-22-62-45(57)30(5)6)71-48(70-40)35-42(54)52(26-32-17-12-10-13-18-32)53(43(35)55)27-33-19-14-11-15-20-33/h10-15,17-20,31H,3,5,7-9,16,21-24,26-28H2,1-2,4,6H3. The lowest BCUT2D eigenvalue weighted by atomic mass is 10.0. The summed E-state index contributed by atoms with van der Waals surface area (Å²) in [6.07, 6.45) is 0.921. The smallest absolute Gasteiger partial charge is 0.461 e. The first-order chi connectivity index (χ1) is 34.1. The van der Waals surface area contributed by atoms with Crippen molar-refractivity contribution in [2.75, 3.05) is 33.0 Å². The van der Waals surface area contributed by atoms with E-state index in [0.29, 0.717) is 0 Å². The summed E-state index contributed by atoms with van der Waals surface area (Å²) in [5.74, 6) is -3.90. The number of nitriles is 1. The molecule has 0 saturated carbocycles. The minimum atomic E-state index is -1.26. The average molecular weight is 1040 g/mol. The lowest BCUT2D eigenvalue weighted by Crippen LogP contribution is -2.39. The fourth-order valence-corrected chi connectivity index (χ4v) is 12.1. The summed E-state index contributed by atoms with van der Waals surface area (Å²) in [5, 5.41) is 13.1. The molecule has 0 bridgehead atoms. The zero-order valence-corrected chi connectivity index (χ0v) is 42.5. The van der Waals surface area contributed by atoms with E-state index in [1.54, 1.807) is 0 Å². The van der Waals surface area contributed by atoms with E-state index >= 15 is 0 Å². The van der Waals surface area contributed by atoms with Crippen LogP contribution in [0.5, 0.6) is 11.5 Å². The molecule has 3 heterocycles. The topological polar surface area (TPSA) is 214 Å². The van der Waals surface area contributed by atoms with Crippen LogP contribution in [0.1, 0.15) is 64.5 Å². The molecular weight excluding hydrogens is 995 g/mol. The van der Waals surface area contributed by atoms with Crippen LogP contribution in [0, 0.1) is 17.2 Å². The molecule has 0 N–H and O–H groups in total. The van der Waals surface area contributed by atoms with Gasteiger partial charge >= 0.3 is 30.2 Å². The lowest BCUT2D eigenvalue weighted by molar-refractivity contribution is -0.149. The maximum absolute atomic E-state index is 14.6. The fourth-order valence-electron chi connectivity index (χ4n) is 6.69. The summed E-state index contributed by atoms with van der Waals surface area (Å²) in [6, 6.07) is 20.2. The highest BCUT2D eigenvalue weighted by Gasteiger charge is 2.47. The van der Waals surface area contributed by atoms with Gasteiger partial charge in [-0.25, -0.2) is 34.0 Å². The molecule has 1 fully saturated rings. The molecule has 0 radical (unpaired) electrons. The summed E-state index contributed by atoms with van der Waals surface area (Å²) < 4.78 is 38.4. The van der Waals surface area contributed by atoms with E-state index in [4.69, 9.17) is 33.2 Å². The summed E-state index contributed by atoms with van der Waals surface area (Å²) >= 11 is 3.46. The molecule has 1 atom stereocenters. The SMILES string of the molecule is C=C(C)C(=O)OCCOC(=O)Oc1c2c(c(OC(=O)OCCOC(=O)C(=C)C)c3c1SC(=C1C(=O)N(Cc4ccccc4)N(Cc4ccccc4)C1=O)S3)SC(=C(C#N)C(=O)OCC(CC)CCCC)S2. The minimum absolute atomic E-state index is 0.0409. The van der Waals surface area contributed by atoms with Crippen molar-refractivity contribution in [2.24, 2.45) is 5.92 Å². The van der Waals surface area contributed by atoms with E-state index in [-0.39, 0.29) is 101 Å². The van der Waals surface area contributed by atoms with Gasteiger partial charge in [0.1, 0.15) is 38.1 Å².